The van der Waals surface area contributed by atoms with E-state index in [0.717, 1.165) is 19.3 Å². The van der Waals surface area contributed by atoms with E-state index in [1.165, 1.54) is 11.1 Å². The fourth-order valence-electron chi connectivity index (χ4n) is 4.08. The SMILES string of the molecule is CC(C)C1(CC2=[C-]CC=C2)CC=C(C(C)(C)C)C=C1C(C)(C)C.[Cl-].[Cl-].[Ti+3]. The molecule has 0 aromatic heterocycles. The molecule has 0 aromatic carbocycles. The van der Waals surface area contributed by atoms with Crippen LogP contribution in [0.1, 0.15) is 74.7 Å². The van der Waals surface area contributed by atoms with Crippen LogP contribution in [0.4, 0.5) is 0 Å². The summed E-state index contributed by atoms with van der Waals surface area (Å²) in [7, 11) is 0. The Balaban J connectivity index is 0. The Hall–Kier alpha value is 0.254. The van der Waals surface area contributed by atoms with Crippen molar-refractivity contribution >= 4 is 0 Å². The summed E-state index contributed by atoms with van der Waals surface area (Å²) in [6.07, 6.45) is 16.4. The van der Waals surface area contributed by atoms with Gasteiger partial charge in [-0.05, 0) is 34.2 Å². The van der Waals surface area contributed by atoms with Crippen molar-refractivity contribution in [3.63, 3.8) is 0 Å². The third-order valence-corrected chi connectivity index (χ3v) is 5.57. The van der Waals surface area contributed by atoms with Crippen molar-refractivity contribution in [2.75, 3.05) is 0 Å². The monoisotopic (exact) mass is 429 g/mol. The van der Waals surface area contributed by atoms with E-state index in [4.69, 9.17) is 0 Å². The molecule has 0 saturated carbocycles. The molecule has 0 aliphatic heterocycles. The van der Waals surface area contributed by atoms with E-state index in [1.807, 2.05) is 0 Å². The zero-order valence-electron chi connectivity index (χ0n) is 17.8. The van der Waals surface area contributed by atoms with Crippen molar-refractivity contribution in [3.8, 4) is 0 Å². The molecule has 2 aliphatic rings. The molecular weight excluding hydrogens is 395 g/mol. The van der Waals surface area contributed by atoms with E-state index in [-0.39, 0.29) is 62.8 Å². The minimum absolute atomic E-state index is 0. The van der Waals surface area contributed by atoms with E-state index in [0.29, 0.717) is 5.92 Å². The van der Waals surface area contributed by atoms with Crippen LogP contribution < -0.4 is 24.8 Å². The van der Waals surface area contributed by atoms with Gasteiger partial charge in [0.1, 0.15) is 0 Å². The predicted octanol–water partition coefficient (Wildman–Crippen LogP) is 1.06. The van der Waals surface area contributed by atoms with Crippen LogP contribution in [-0.2, 0) is 21.7 Å². The van der Waals surface area contributed by atoms with Crippen LogP contribution in [0.2, 0.25) is 0 Å². The Morgan fingerprint density at radius 3 is 2.00 bits per heavy atom. The van der Waals surface area contributed by atoms with Gasteiger partial charge < -0.3 is 24.8 Å². The molecule has 1 radical (unpaired) electrons. The third-order valence-electron chi connectivity index (χ3n) is 5.57. The Labute approximate surface area is 189 Å². The summed E-state index contributed by atoms with van der Waals surface area (Å²) < 4.78 is 0. The minimum atomic E-state index is 0. The molecule has 1 unspecified atom stereocenters. The van der Waals surface area contributed by atoms with Gasteiger partial charge in [0.05, 0.1) is 0 Å². The molecule has 0 fully saturated rings. The zero-order valence-corrected chi connectivity index (χ0v) is 20.8. The van der Waals surface area contributed by atoms with E-state index in [1.54, 1.807) is 5.57 Å². The summed E-state index contributed by atoms with van der Waals surface area (Å²) in [5.41, 5.74) is 5.17. The number of hydrogen-bond donors (Lipinski definition) is 0. The van der Waals surface area contributed by atoms with Crippen molar-refractivity contribution in [2.45, 2.75) is 74.7 Å². The van der Waals surface area contributed by atoms with Crippen LogP contribution in [0, 0.1) is 28.2 Å². The second-order valence-electron chi connectivity index (χ2n) is 9.72. The molecule has 3 heteroatoms. The number of halogens is 2. The normalized spacial score (nSPS) is 22.6. The average molecular weight is 430 g/mol. The molecular formula is C23H35Cl2Ti. The first kappa shape index (κ1) is 28.5. The molecule has 0 spiro atoms. The van der Waals surface area contributed by atoms with Crippen LogP contribution >= 0.6 is 0 Å². The fourth-order valence-corrected chi connectivity index (χ4v) is 4.08. The summed E-state index contributed by atoms with van der Waals surface area (Å²) in [6, 6.07) is 0. The van der Waals surface area contributed by atoms with Crippen molar-refractivity contribution in [1.29, 1.82) is 0 Å². The molecule has 145 valence electrons. The maximum Gasteiger partial charge on any atom is 3.00 e. The molecule has 2 aliphatic carbocycles. The third kappa shape index (κ3) is 6.13. The zero-order chi connectivity index (χ0) is 17.5. The first-order valence-corrected chi connectivity index (χ1v) is 9.16. The molecule has 0 heterocycles. The van der Waals surface area contributed by atoms with Crippen molar-refractivity contribution in [1.82, 2.24) is 0 Å². The van der Waals surface area contributed by atoms with Crippen LogP contribution in [0.15, 0.2) is 41.0 Å². The molecule has 26 heavy (non-hydrogen) atoms. The maximum absolute atomic E-state index is 3.55. The molecule has 0 nitrogen and oxygen atoms in total. The van der Waals surface area contributed by atoms with Crippen molar-refractivity contribution < 1.29 is 46.5 Å². The van der Waals surface area contributed by atoms with Gasteiger partial charge in [-0.3, -0.25) is 6.08 Å². The Kier molecular flexibility index (Phi) is 11.1. The van der Waals surface area contributed by atoms with Gasteiger partial charge in [0.25, 0.3) is 0 Å². The average Bonchev–Trinajstić information content (AvgIpc) is 2.89. The summed E-state index contributed by atoms with van der Waals surface area (Å²) in [4.78, 5) is 0. The van der Waals surface area contributed by atoms with Gasteiger partial charge >= 0.3 is 21.7 Å². The smallest absolute Gasteiger partial charge is 1.00 e. The maximum atomic E-state index is 3.55. The molecule has 0 bridgehead atoms. The van der Waals surface area contributed by atoms with Gasteiger partial charge in [-0.25, -0.2) is 11.6 Å². The molecule has 0 aromatic rings. The molecule has 0 saturated heterocycles. The fraction of sp³-hybridized carbons (Fsp3) is 0.652. The molecule has 2 rings (SSSR count). The Bertz CT molecular complexity index is 580. The number of rotatable bonds is 3. The molecule has 0 amide bonds. The van der Waals surface area contributed by atoms with E-state index in [9.17, 15) is 0 Å². The van der Waals surface area contributed by atoms with Gasteiger partial charge in [0.15, 0.2) is 0 Å². The van der Waals surface area contributed by atoms with Crippen molar-refractivity contribution in [2.24, 2.45) is 22.2 Å². The topological polar surface area (TPSA) is 0 Å². The van der Waals surface area contributed by atoms with Crippen LogP contribution in [0.25, 0.3) is 0 Å². The van der Waals surface area contributed by atoms with Gasteiger partial charge in [-0.15, -0.1) is 6.42 Å². The summed E-state index contributed by atoms with van der Waals surface area (Å²) >= 11 is 0. The van der Waals surface area contributed by atoms with Gasteiger partial charge in [-0.2, -0.15) is 6.08 Å². The minimum Gasteiger partial charge on any atom is -1.00 e. The van der Waals surface area contributed by atoms with Gasteiger partial charge in [0.2, 0.25) is 0 Å². The van der Waals surface area contributed by atoms with Gasteiger partial charge in [0, 0.05) is 0 Å². The molecule has 1 atom stereocenters. The first-order chi connectivity index (χ1) is 10.5. The van der Waals surface area contributed by atoms with Crippen molar-refractivity contribution in [3.05, 3.63) is 47.1 Å². The predicted molar refractivity (Wildman–Crippen MR) is 102 cm³/mol. The van der Waals surface area contributed by atoms with Crippen LogP contribution in [-0.4, -0.2) is 0 Å². The first-order valence-electron chi connectivity index (χ1n) is 9.16. The molecule has 0 N–H and O–H groups in total. The second kappa shape index (κ2) is 10.2. The van der Waals surface area contributed by atoms with E-state index in [2.05, 4.69) is 85.8 Å². The summed E-state index contributed by atoms with van der Waals surface area (Å²) in [6.45, 7) is 18.9. The van der Waals surface area contributed by atoms with Gasteiger partial charge in [-0.1, -0.05) is 79.5 Å². The Morgan fingerprint density at radius 2 is 1.62 bits per heavy atom. The number of hydrogen-bond acceptors (Lipinski definition) is 0. The summed E-state index contributed by atoms with van der Waals surface area (Å²) in [5, 5.41) is 0. The van der Waals surface area contributed by atoms with E-state index >= 15 is 0 Å². The standard InChI is InChI=1S/C23H35.2ClH.Ti/c1-17(2)23(16-18-11-9-10-12-18)14-13-19(21(3,4)5)15-20(23)22(6,7)8;;;/h9,11,13,15,17H,10,14,16H2,1-8H3;2*1H;/q-1;;;+3/p-2. The van der Waals surface area contributed by atoms with Crippen LogP contribution in [0.5, 0.6) is 0 Å². The number of allylic oxidation sites excluding steroid dienone is 8. The van der Waals surface area contributed by atoms with Crippen LogP contribution in [0.3, 0.4) is 0 Å². The quantitative estimate of drug-likeness (QED) is 0.464. The van der Waals surface area contributed by atoms with E-state index < -0.39 is 0 Å². The second-order valence-corrected chi connectivity index (χ2v) is 9.72. The summed E-state index contributed by atoms with van der Waals surface area (Å²) in [5.74, 6) is 0.619. The Morgan fingerprint density at radius 1 is 1.04 bits per heavy atom. The largest absolute Gasteiger partial charge is 3.00 e.